The second-order valence-corrected chi connectivity index (χ2v) is 5.63. The Kier molecular flexibility index (Phi) is 6.32. The van der Waals surface area contributed by atoms with Crippen LogP contribution in [0.1, 0.15) is 38.8 Å². The second-order valence-electron chi connectivity index (χ2n) is 5.20. The first-order valence-corrected chi connectivity index (χ1v) is 7.03. The molecule has 0 fully saturated rings. The SMILES string of the molecule is CCC(c1cccc(Cl)c1)N(CC(=O)O)CC(C)C. The Morgan fingerprint density at radius 1 is 1.42 bits per heavy atom. The van der Waals surface area contributed by atoms with E-state index in [0.29, 0.717) is 10.9 Å². The van der Waals surface area contributed by atoms with Crippen LogP contribution in [0.25, 0.3) is 0 Å². The van der Waals surface area contributed by atoms with Crippen molar-refractivity contribution in [3.05, 3.63) is 34.9 Å². The molecule has 19 heavy (non-hydrogen) atoms. The number of hydrogen-bond acceptors (Lipinski definition) is 2. The summed E-state index contributed by atoms with van der Waals surface area (Å²) in [5, 5.41) is 9.77. The van der Waals surface area contributed by atoms with Crippen molar-refractivity contribution >= 4 is 17.6 Å². The summed E-state index contributed by atoms with van der Waals surface area (Å²) in [4.78, 5) is 13.1. The van der Waals surface area contributed by atoms with Crippen LogP contribution in [-0.4, -0.2) is 29.1 Å². The van der Waals surface area contributed by atoms with Crippen LogP contribution in [0.2, 0.25) is 5.02 Å². The molecule has 0 spiro atoms. The fourth-order valence-corrected chi connectivity index (χ4v) is 2.56. The highest BCUT2D eigenvalue weighted by atomic mass is 35.5. The van der Waals surface area contributed by atoms with Gasteiger partial charge < -0.3 is 5.11 Å². The molecule has 0 aromatic heterocycles. The average Bonchev–Trinajstić information content (AvgIpc) is 2.28. The smallest absolute Gasteiger partial charge is 0.317 e. The first-order chi connectivity index (χ1) is 8.93. The van der Waals surface area contributed by atoms with Gasteiger partial charge in [0.15, 0.2) is 0 Å². The highest BCUT2D eigenvalue weighted by Gasteiger charge is 2.22. The molecule has 1 rings (SSSR count). The van der Waals surface area contributed by atoms with Gasteiger partial charge in [0.05, 0.1) is 6.54 Å². The average molecular weight is 284 g/mol. The van der Waals surface area contributed by atoms with Crippen molar-refractivity contribution in [2.75, 3.05) is 13.1 Å². The van der Waals surface area contributed by atoms with Gasteiger partial charge in [-0.25, -0.2) is 0 Å². The molecule has 0 amide bonds. The summed E-state index contributed by atoms with van der Waals surface area (Å²) >= 11 is 6.03. The number of carboxylic acid groups (broad SMARTS) is 1. The number of halogens is 1. The van der Waals surface area contributed by atoms with Crippen molar-refractivity contribution in [1.29, 1.82) is 0 Å². The molecule has 0 bridgehead atoms. The van der Waals surface area contributed by atoms with E-state index in [1.54, 1.807) is 0 Å². The third-order valence-corrected chi connectivity index (χ3v) is 3.23. The number of rotatable bonds is 7. The van der Waals surface area contributed by atoms with Gasteiger partial charge in [0, 0.05) is 17.6 Å². The maximum Gasteiger partial charge on any atom is 0.317 e. The van der Waals surface area contributed by atoms with E-state index in [1.807, 2.05) is 29.2 Å². The topological polar surface area (TPSA) is 40.5 Å². The lowest BCUT2D eigenvalue weighted by molar-refractivity contribution is -0.139. The summed E-state index contributed by atoms with van der Waals surface area (Å²) in [5.41, 5.74) is 1.08. The van der Waals surface area contributed by atoms with Gasteiger partial charge in [-0.1, -0.05) is 44.5 Å². The molecule has 1 aromatic rings. The normalized spacial score (nSPS) is 12.9. The Hall–Kier alpha value is -1.06. The number of benzene rings is 1. The molecular formula is C15H22ClNO2. The molecule has 0 heterocycles. The van der Waals surface area contributed by atoms with Crippen LogP contribution in [0, 0.1) is 5.92 Å². The van der Waals surface area contributed by atoms with Gasteiger partial charge in [0.25, 0.3) is 0 Å². The Labute approximate surface area is 120 Å². The molecule has 0 aliphatic heterocycles. The lowest BCUT2D eigenvalue weighted by Crippen LogP contribution is -2.36. The van der Waals surface area contributed by atoms with Crippen molar-refractivity contribution < 1.29 is 9.90 Å². The molecule has 1 atom stereocenters. The highest BCUT2D eigenvalue weighted by Crippen LogP contribution is 2.26. The van der Waals surface area contributed by atoms with Crippen LogP contribution < -0.4 is 0 Å². The largest absolute Gasteiger partial charge is 0.480 e. The van der Waals surface area contributed by atoms with Crippen LogP contribution in [0.5, 0.6) is 0 Å². The Balaban J connectivity index is 2.97. The molecule has 0 saturated carbocycles. The summed E-state index contributed by atoms with van der Waals surface area (Å²) in [5.74, 6) is -0.367. The van der Waals surface area contributed by atoms with Crippen molar-refractivity contribution in [3.8, 4) is 0 Å². The van der Waals surface area contributed by atoms with Gasteiger partial charge in [-0.15, -0.1) is 0 Å². The van der Waals surface area contributed by atoms with Crippen molar-refractivity contribution in [3.63, 3.8) is 0 Å². The fourth-order valence-electron chi connectivity index (χ4n) is 2.36. The van der Waals surface area contributed by atoms with Crippen LogP contribution >= 0.6 is 11.6 Å². The Bertz CT molecular complexity index is 420. The van der Waals surface area contributed by atoms with Crippen molar-refractivity contribution in [1.82, 2.24) is 4.90 Å². The van der Waals surface area contributed by atoms with Gasteiger partial charge in [0.1, 0.15) is 0 Å². The summed E-state index contributed by atoms with van der Waals surface area (Å²) in [7, 11) is 0. The van der Waals surface area contributed by atoms with Crippen LogP contribution in [0.3, 0.4) is 0 Å². The van der Waals surface area contributed by atoms with E-state index in [-0.39, 0.29) is 12.6 Å². The number of carboxylic acids is 1. The second kappa shape index (κ2) is 7.51. The standard InChI is InChI=1S/C15H22ClNO2/c1-4-14(12-6-5-7-13(16)8-12)17(9-11(2)3)10-15(18)19/h5-8,11,14H,4,9-10H2,1-3H3,(H,18,19). The molecule has 0 radical (unpaired) electrons. The predicted molar refractivity (Wildman–Crippen MR) is 78.5 cm³/mol. The van der Waals surface area contributed by atoms with Gasteiger partial charge in [-0.3, -0.25) is 9.69 Å². The maximum atomic E-state index is 11.0. The Morgan fingerprint density at radius 2 is 2.11 bits per heavy atom. The third-order valence-electron chi connectivity index (χ3n) is 3.00. The molecule has 0 aliphatic carbocycles. The number of aliphatic carboxylic acids is 1. The molecular weight excluding hydrogens is 262 g/mol. The summed E-state index contributed by atoms with van der Waals surface area (Å²) < 4.78 is 0. The number of nitrogens with zero attached hydrogens (tertiary/aromatic N) is 1. The van der Waals surface area contributed by atoms with Gasteiger partial charge in [0.2, 0.25) is 0 Å². The maximum absolute atomic E-state index is 11.0. The van der Waals surface area contributed by atoms with Crippen LogP contribution in [-0.2, 0) is 4.79 Å². The van der Waals surface area contributed by atoms with Gasteiger partial charge in [-0.2, -0.15) is 0 Å². The molecule has 4 heteroatoms. The van der Waals surface area contributed by atoms with E-state index in [4.69, 9.17) is 16.7 Å². The van der Waals surface area contributed by atoms with Crippen molar-refractivity contribution in [2.24, 2.45) is 5.92 Å². The van der Waals surface area contributed by atoms with E-state index in [2.05, 4.69) is 20.8 Å². The molecule has 1 unspecified atom stereocenters. The zero-order chi connectivity index (χ0) is 14.4. The molecule has 1 N–H and O–H groups in total. The van der Waals surface area contributed by atoms with Gasteiger partial charge >= 0.3 is 5.97 Å². The molecule has 1 aromatic carbocycles. The highest BCUT2D eigenvalue weighted by molar-refractivity contribution is 6.30. The minimum Gasteiger partial charge on any atom is -0.480 e. The third kappa shape index (κ3) is 5.21. The predicted octanol–water partition coefficient (Wildman–Crippen LogP) is 3.83. The number of carbonyl (C=O) groups is 1. The summed E-state index contributed by atoms with van der Waals surface area (Å²) in [6, 6.07) is 7.77. The Morgan fingerprint density at radius 3 is 2.58 bits per heavy atom. The molecule has 106 valence electrons. The van der Waals surface area contributed by atoms with E-state index in [9.17, 15) is 4.79 Å². The monoisotopic (exact) mass is 283 g/mol. The molecule has 0 saturated heterocycles. The van der Waals surface area contributed by atoms with Crippen molar-refractivity contribution in [2.45, 2.75) is 33.2 Å². The van der Waals surface area contributed by atoms with E-state index < -0.39 is 5.97 Å². The van der Waals surface area contributed by atoms with Crippen LogP contribution in [0.15, 0.2) is 24.3 Å². The minimum atomic E-state index is -0.791. The quantitative estimate of drug-likeness (QED) is 0.827. The number of hydrogen-bond donors (Lipinski definition) is 1. The van der Waals surface area contributed by atoms with E-state index in [0.717, 1.165) is 18.5 Å². The first-order valence-electron chi connectivity index (χ1n) is 6.65. The fraction of sp³-hybridized carbons (Fsp3) is 0.533. The van der Waals surface area contributed by atoms with E-state index >= 15 is 0 Å². The summed E-state index contributed by atoms with van der Waals surface area (Å²) in [6.45, 7) is 7.08. The zero-order valence-corrected chi connectivity index (χ0v) is 12.5. The summed E-state index contributed by atoms with van der Waals surface area (Å²) in [6.07, 6.45) is 0.861. The first kappa shape index (κ1) is 16.0. The van der Waals surface area contributed by atoms with Crippen LogP contribution in [0.4, 0.5) is 0 Å². The zero-order valence-electron chi connectivity index (χ0n) is 11.8. The van der Waals surface area contributed by atoms with E-state index in [1.165, 1.54) is 0 Å². The lowest BCUT2D eigenvalue weighted by atomic mass is 10.0. The van der Waals surface area contributed by atoms with Gasteiger partial charge in [-0.05, 0) is 30.0 Å². The lowest BCUT2D eigenvalue weighted by Gasteiger charge is -2.31. The molecule has 3 nitrogen and oxygen atoms in total. The minimum absolute atomic E-state index is 0.0587. The molecule has 0 aliphatic rings.